The number of hydrogen-bond acceptors (Lipinski definition) is 8. The first-order valence-corrected chi connectivity index (χ1v) is 11.4. The Balaban J connectivity index is 1.59. The third-order valence-corrected chi connectivity index (χ3v) is 7.12. The Labute approximate surface area is 169 Å². The predicted octanol–water partition coefficient (Wildman–Crippen LogP) is 1.93. The van der Waals surface area contributed by atoms with Crippen LogP contribution < -0.4 is 10.0 Å². The normalized spacial score (nSPS) is 21.8. The molecule has 3 N–H and O–H groups in total. The summed E-state index contributed by atoms with van der Waals surface area (Å²) in [6.45, 7) is 0.953. The van der Waals surface area contributed by atoms with Gasteiger partial charge in [0.05, 0.1) is 22.5 Å². The number of benzene rings is 1. The summed E-state index contributed by atoms with van der Waals surface area (Å²) in [4.78, 5) is 23.6. The van der Waals surface area contributed by atoms with E-state index in [0.717, 1.165) is 12.8 Å². The van der Waals surface area contributed by atoms with Gasteiger partial charge in [0, 0.05) is 24.7 Å². The SMILES string of the molecule is NS(=O)(=O)c1cc(-c2nccs2)c2oc(N3CC4CCC(C3)N4C(=O)O)nc2c1. The zero-order valence-corrected chi connectivity index (χ0v) is 16.7. The van der Waals surface area contributed by atoms with Crippen LogP contribution >= 0.6 is 11.3 Å². The number of hydrogen-bond donors (Lipinski definition) is 2. The van der Waals surface area contributed by atoms with E-state index in [2.05, 4.69) is 9.97 Å². The number of nitrogens with two attached hydrogens (primary N) is 1. The lowest BCUT2D eigenvalue weighted by Gasteiger charge is -2.38. The highest BCUT2D eigenvalue weighted by Gasteiger charge is 2.43. The smallest absolute Gasteiger partial charge is 0.407 e. The van der Waals surface area contributed by atoms with Crippen molar-refractivity contribution >= 4 is 44.6 Å². The maximum atomic E-state index is 11.9. The van der Waals surface area contributed by atoms with Crippen molar-refractivity contribution in [2.75, 3.05) is 18.0 Å². The molecule has 2 unspecified atom stereocenters. The van der Waals surface area contributed by atoms with Crippen LogP contribution in [0.2, 0.25) is 0 Å². The Kier molecular flexibility index (Phi) is 4.05. The summed E-state index contributed by atoms with van der Waals surface area (Å²) in [5, 5.41) is 17.1. The molecule has 1 aromatic carbocycles. The van der Waals surface area contributed by atoms with Crippen LogP contribution in [0.1, 0.15) is 12.8 Å². The van der Waals surface area contributed by atoms with Crippen molar-refractivity contribution in [2.45, 2.75) is 29.8 Å². The summed E-state index contributed by atoms with van der Waals surface area (Å²) in [6.07, 6.45) is 2.31. The van der Waals surface area contributed by atoms with Crippen LogP contribution in [0, 0.1) is 0 Å². The molecule has 0 aliphatic carbocycles. The fraction of sp³-hybridized carbons (Fsp3) is 0.353. The van der Waals surface area contributed by atoms with E-state index in [1.165, 1.54) is 28.4 Å². The molecule has 2 saturated heterocycles. The molecular weight excluding hydrogens is 418 g/mol. The maximum absolute atomic E-state index is 11.9. The molecule has 0 radical (unpaired) electrons. The van der Waals surface area contributed by atoms with Gasteiger partial charge in [-0.3, -0.25) is 4.90 Å². The van der Waals surface area contributed by atoms with E-state index in [0.29, 0.717) is 40.8 Å². The molecule has 5 rings (SSSR count). The molecule has 12 heteroatoms. The van der Waals surface area contributed by atoms with Gasteiger partial charge in [-0.1, -0.05) is 0 Å². The fourth-order valence-corrected chi connectivity index (χ4v) is 5.39. The Bertz CT molecular complexity index is 1190. The lowest BCUT2D eigenvalue weighted by Crippen LogP contribution is -2.55. The predicted molar refractivity (Wildman–Crippen MR) is 105 cm³/mol. The number of carboxylic acid groups (broad SMARTS) is 1. The zero-order valence-electron chi connectivity index (χ0n) is 15.1. The first kappa shape index (κ1) is 18.3. The van der Waals surface area contributed by atoms with E-state index < -0.39 is 16.1 Å². The van der Waals surface area contributed by atoms with E-state index in [1.54, 1.807) is 11.6 Å². The van der Waals surface area contributed by atoms with E-state index >= 15 is 0 Å². The highest BCUT2D eigenvalue weighted by molar-refractivity contribution is 7.89. The van der Waals surface area contributed by atoms with E-state index in [-0.39, 0.29) is 17.0 Å². The molecule has 2 aromatic heterocycles. The van der Waals surface area contributed by atoms with Crippen molar-refractivity contribution in [2.24, 2.45) is 5.14 Å². The average Bonchev–Trinajstić information content (AvgIpc) is 3.37. The number of primary sulfonamides is 1. The largest absolute Gasteiger partial charge is 0.465 e. The van der Waals surface area contributed by atoms with Gasteiger partial charge < -0.3 is 14.4 Å². The van der Waals surface area contributed by atoms with Crippen LogP contribution in [0.15, 0.2) is 33.0 Å². The molecule has 2 aliphatic heterocycles. The van der Waals surface area contributed by atoms with E-state index in [1.807, 2.05) is 4.90 Å². The van der Waals surface area contributed by atoms with Crippen molar-refractivity contribution in [3.63, 3.8) is 0 Å². The summed E-state index contributed by atoms with van der Waals surface area (Å²) in [5.41, 5.74) is 1.30. The third-order valence-electron chi connectivity index (χ3n) is 5.42. The third kappa shape index (κ3) is 3.03. The van der Waals surface area contributed by atoms with Crippen molar-refractivity contribution in [3.05, 3.63) is 23.7 Å². The van der Waals surface area contributed by atoms with Gasteiger partial charge in [0.15, 0.2) is 5.58 Å². The minimum absolute atomic E-state index is 0.0641. The lowest BCUT2D eigenvalue weighted by atomic mass is 10.2. The van der Waals surface area contributed by atoms with Gasteiger partial charge in [-0.2, -0.15) is 4.98 Å². The molecule has 29 heavy (non-hydrogen) atoms. The van der Waals surface area contributed by atoms with Crippen LogP contribution in [0.3, 0.4) is 0 Å². The van der Waals surface area contributed by atoms with Gasteiger partial charge in [0.25, 0.3) is 6.01 Å². The summed E-state index contributed by atoms with van der Waals surface area (Å²) in [6, 6.07) is 2.94. The van der Waals surface area contributed by atoms with Crippen molar-refractivity contribution in [1.29, 1.82) is 0 Å². The Hall–Kier alpha value is -2.70. The van der Waals surface area contributed by atoms with Crippen molar-refractivity contribution in [1.82, 2.24) is 14.9 Å². The number of oxazole rings is 1. The summed E-state index contributed by atoms with van der Waals surface area (Å²) in [5.74, 6) is 0. The molecule has 2 bridgehead atoms. The molecular formula is C17H17N5O5S2. The molecule has 10 nitrogen and oxygen atoms in total. The maximum Gasteiger partial charge on any atom is 0.407 e. The first-order valence-electron chi connectivity index (χ1n) is 8.95. The topological polar surface area (TPSA) is 143 Å². The number of rotatable bonds is 3. The second-order valence-corrected chi connectivity index (χ2v) is 9.63. The number of amides is 1. The van der Waals surface area contributed by atoms with Crippen LogP contribution in [-0.4, -0.2) is 59.7 Å². The number of nitrogens with zero attached hydrogens (tertiary/aromatic N) is 4. The van der Waals surface area contributed by atoms with Crippen LogP contribution in [0.25, 0.3) is 21.7 Å². The number of anilines is 1. The Morgan fingerprint density at radius 2 is 2.00 bits per heavy atom. The number of carbonyl (C=O) groups is 1. The zero-order chi connectivity index (χ0) is 20.3. The van der Waals surface area contributed by atoms with E-state index in [4.69, 9.17) is 9.56 Å². The van der Waals surface area contributed by atoms with Gasteiger partial charge in [-0.25, -0.2) is 23.3 Å². The molecule has 2 fully saturated rings. The molecule has 152 valence electrons. The molecule has 4 heterocycles. The molecule has 2 atom stereocenters. The number of fused-ring (bicyclic) bond motifs is 3. The second kappa shape index (κ2) is 6.40. The van der Waals surface area contributed by atoms with Gasteiger partial charge in [-0.05, 0) is 25.0 Å². The number of piperazine rings is 1. The fourth-order valence-electron chi connectivity index (χ4n) is 4.18. The summed E-state index contributed by atoms with van der Waals surface area (Å²) in [7, 11) is -3.94. The average molecular weight is 435 g/mol. The summed E-state index contributed by atoms with van der Waals surface area (Å²) >= 11 is 1.35. The molecule has 1 amide bonds. The molecule has 0 saturated carbocycles. The number of sulfonamides is 1. The van der Waals surface area contributed by atoms with Crippen LogP contribution in [0.4, 0.5) is 10.8 Å². The van der Waals surface area contributed by atoms with E-state index in [9.17, 15) is 18.3 Å². The minimum atomic E-state index is -3.94. The molecule has 0 spiro atoms. The minimum Gasteiger partial charge on any atom is -0.465 e. The Morgan fingerprint density at radius 3 is 2.59 bits per heavy atom. The van der Waals surface area contributed by atoms with Gasteiger partial charge in [0.2, 0.25) is 10.0 Å². The highest BCUT2D eigenvalue weighted by Crippen LogP contribution is 2.37. The number of aromatic nitrogens is 2. The van der Waals surface area contributed by atoms with Gasteiger partial charge >= 0.3 is 6.09 Å². The van der Waals surface area contributed by atoms with Crippen LogP contribution in [0.5, 0.6) is 0 Å². The van der Waals surface area contributed by atoms with Crippen LogP contribution in [-0.2, 0) is 10.0 Å². The van der Waals surface area contributed by atoms with Crippen molar-refractivity contribution < 1.29 is 22.7 Å². The lowest BCUT2D eigenvalue weighted by molar-refractivity contribution is 0.114. The first-order chi connectivity index (χ1) is 13.8. The highest BCUT2D eigenvalue weighted by atomic mass is 32.2. The monoisotopic (exact) mass is 435 g/mol. The second-order valence-electron chi connectivity index (χ2n) is 7.18. The quantitative estimate of drug-likeness (QED) is 0.635. The van der Waals surface area contributed by atoms with Gasteiger partial charge in [0.1, 0.15) is 10.5 Å². The number of thiazole rings is 1. The molecule has 2 aliphatic rings. The standard InChI is InChI=1S/C17H17N5O5S2/c18-29(25,26)11-5-12(15-19-3-4-28-15)14-13(6-11)20-16(27-14)21-7-9-1-2-10(8-21)22(9)17(23)24/h3-6,9-10H,1-2,7-8H2,(H,23,24)(H2,18,25,26). The summed E-state index contributed by atoms with van der Waals surface area (Å²) < 4.78 is 29.9. The van der Waals surface area contributed by atoms with Gasteiger partial charge in [-0.15, -0.1) is 11.3 Å². The Morgan fingerprint density at radius 1 is 1.28 bits per heavy atom. The molecule has 3 aromatic rings. The van der Waals surface area contributed by atoms with Crippen molar-refractivity contribution in [3.8, 4) is 10.6 Å².